The van der Waals surface area contributed by atoms with Crippen molar-refractivity contribution in [3.63, 3.8) is 0 Å². The molecule has 3 aliphatic rings. The van der Waals surface area contributed by atoms with Crippen LogP contribution >= 0.6 is 0 Å². The predicted octanol–water partition coefficient (Wildman–Crippen LogP) is 7.55. The highest BCUT2D eigenvalue weighted by Crippen LogP contribution is 2.50. The number of benzene rings is 4. The lowest BCUT2D eigenvalue weighted by molar-refractivity contribution is -0.141. The van der Waals surface area contributed by atoms with Crippen molar-refractivity contribution >= 4 is 44.6 Å². The van der Waals surface area contributed by atoms with E-state index in [1.54, 1.807) is 6.92 Å². The number of aromatic amines is 2. The van der Waals surface area contributed by atoms with Crippen LogP contribution in [0.15, 0.2) is 72.9 Å². The molecule has 11 heteroatoms. The fourth-order valence-corrected chi connectivity index (χ4v) is 9.00. The largest absolute Gasteiger partial charge is 0.453 e. The highest BCUT2D eigenvalue weighted by molar-refractivity contribution is 6.05. The van der Waals surface area contributed by atoms with Gasteiger partial charge in [0.05, 0.1) is 48.2 Å². The van der Waals surface area contributed by atoms with Crippen molar-refractivity contribution in [2.24, 2.45) is 5.92 Å². The normalized spacial score (nSPS) is 22.4. The van der Waals surface area contributed by atoms with Gasteiger partial charge in [-0.25, -0.2) is 14.8 Å². The van der Waals surface area contributed by atoms with Gasteiger partial charge in [-0.05, 0) is 103 Å². The van der Waals surface area contributed by atoms with Crippen LogP contribution in [0.25, 0.3) is 55.0 Å². The molecular weight excluding hydrogens is 667 g/mol. The molecule has 0 spiro atoms. The van der Waals surface area contributed by atoms with Gasteiger partial charge in [-0.3, -0.25) is 4.79 Å². The zero-order chi connectivity index (χ0) is 36.2. The maximum atomic E-state index is 14.0. The Morgan fingerprint density at radius 3 is 2.40 bits per heavy atom. The molecule has 2 bridgehead atoms. The van der Waals surface area contributed by atoms with Crippen LogP contribution in [0.4, 0.5) is 4.79 Å². The topological polar surface area (TPSA) is 137 Å². The second kappa shape index (κ2) is 13.6. The number of rotatable bonds is 8. The summed E-state index contributed by atoms with van der Waals surface area (Å²) in [5.74, 6) is 1.92. The minimum absolute atomic E-state index is 0.0951. The first kappa shape index (κ1) is 33.6. The van der Waals surface area contributed by atoms with Crippen LogP contribution < -0.4 is 10.6 Å². The molecule has 3 fully saturated rings. The van der Waals surface area contributed by atoms with E-state index in [9.17, 15) is 9.59 Å². The zero-order valence-corrected chi connectivity index (χ0v) is 30.3. The fraction of sp³-hybridized carbons (Fsp3) is 0.381. The average Bonchev–Trinajstić information content (AvgIpc) is 4.03. The Kier molecular flexibility index (Phi) is 8.62. The van der Waals surface area contributed by atoms with Crippen LogP contribution in [-0.2, 0) is 14.3 Å². The van der Waals surface area contributed by atoms with E-state index in [-0.39, 0.29) is 18.0 Å². The first-order valence-corrected chi connectivity index (χ1v) is 18.8. The Balaban J connectivity index is 0.962. The van der Waals surface area contributed by atoms with E-state index >= 15 is 0 Å². The maximum absolute atomic E-state index is 14.0. The molecule has 1 aliphatic carbocycles. The Morgan fingerprint density at radius 1 is 0.868 bits per heavy atom. The molecule has 1 saturated carbocycles. The SMILES string of the molecule is COC(=O)N[C@H](C(=O)N1[C@@H]2CC[C@@H](C2)[C@H]1c1ncc(-c2ccc3cc(-c4ccc5c(ccc6nc(C7CCCCN7)[nH]c65)c4)ccc3c2)[nH]1)[C@@H](C)OC. The van der Waals surface area contributed by atoms with E-state index < -0.39 is 18.2 Å². The molecule has 0 radical (unpaired) electrons. The Labute approximate surface area is 307 Å². The third-order valence-corrected chi connectivity index (χ3v) is 11.9. The summed E-state index contributed by atoms with van der Waals surface area (Å²) < 4.78 is 10.3. The predicted molar refractivity (Wildman–Crippen MR) is 205 cm³/mol. The number of ether oxygens (including phenoxy) is 2. The van der Waals surface area contributed by atoms with Gasteiger partial charge in [-0.15, -0.1) is 0 Å². The molecular formula is C42H45N7O4. The number of nitrogens with one attached hydrogen (secondary N) is 4. The van der Waals surface area contributed by atoms with Gasteiger partial charge in [0.15, 0.2) is 0 Å². The van der Waals surface area contributed by atoms with E-state index in [0.29, 0.717) is 12.0 Å². The molecule has 4 aromatic carbocycles. The van der Waals surface area contributed by atoms with Crippen molar-refractivity contribution in [1.82, 2.24) is 35.5 Å². The number of amides is 2. The number of nitrogens with zero attached hydrogens (tertiary/aromatic N) is 3. The molecule has 11 nitrogen and oxygen atoms in total. The Bertz CT molecular complexity index is 2340. The van der Waals surface area contributed by atoms with Crippen LogP contribution in [0.2, 0.25) is 0 Å². The molecule has 272 valence electrons. The zero-order valence-electron chi connectivity index (χ0n) is 30.3. The third-order valence-electron chi connectivity index (χ3n) is 11.9. The number of aromatic nitrogens is 4. The summed E-state index contributed by atoms with van der Waals surface area (Å²) in [7, 11) is 2.82. The van der Waals surface area contributed by atoms with Gasteiger partial charge >= 0.3 is 6.09 Å². The fourth-order valence-electron chi connectivity index (χ4n) is 9.00. The lowest BCUT2D eigenvalue weighted by atomic mass is 9.96. The second-order valence-corrected chi connectivity index (χ2v) is 15.0. The number of carbonyl (C=O) groups excluding carboxylic acids is 2. The third kappa shape index (κ3) is 6.01. The number of imidazole rings is 2. The molecule has 2 saturated heterocycles. The smallest absolute Gasteiger partial charge is 0.407 e. The lowest BCUT2D eigenvalue weighted by Crippen LogP contribution is -2.56. The van der Waals surface area contributed by atoms with E-state index in [4.69, 9.17) is 19.4 Å². The van der Waals surface area contributed by atoms with Gasteiger partial charge in [0.25, 0.3) is 0 Å². The Hall–Kier alpha value is -5.26. The number of H-pyrrole nitrogens is 2. The molecule has 6 atom stereocenters. The monoisotopic (exact) mass is 711 g/mol. The number of fused-ring (bicyclic) bond motifs is 6. The number of piperidine rings is 2. The average molecular weight is 712 g/mol. The van der Waals surface area contributed by atoms with Crippen molar-refractivity contribution in [3.8, 4) is 22.4 Å². The highest BCUT2D eigenvalue weighted by Gasteiger charge is 2.52. The van der Waals surface area contributed by atoms with Crippen molar-refractivity contribution in [3.05, 3.63) is 84.6 Å². The van der Waals surface area contributed by atoms with E-state index in [0.717, 1.165) is 82.5 Å². The van der Waals surface area contributed by atoms with Crippen LogP contribution in [0.1, 0.15) is 69.2 Å². The molecule has 4 heterocycles. The molecule has 2 aromatic heterocycles. The first-order valence-electron chi connectivity index (χ1n) is 18.8. The summed E-state index contributed by atoms with van der Waals surface area (Å²) >= 11 is 0. The van der Waals surface area contributed by atoms with Gasteiger partial charge in [-0.1, -0.05) is 48.9 Å². The lowest BCUT2D eigenvalue weighted by Gasteiger charge is -2.37. The van der Waals surface area contributed by atoms with Crippen molar-refractivity contribution in [2.75, 3.05) is 20.8 Å². The molecule has 2 aliphatic heterocycles. The number of methoxy groups -OCH3 is 2. The molecule has 9 rings (SSSR count). The second-order valence-electron chi connectivity index (χ2n) is 15.0. The number of hydrogen-bond donors (Lipinski definition) is 4. The quantitative estimate of drug-likeness (QED) is 0.128. The number of hydrogen-bond acceptors (Lipinski definition) is 7. The molecule has 53 heavy (non-hydrogen) atoms. The number of likely N-dealkylation sites (tertiary alicyclic amines) is 1. The van der Waals surface area contributed by atoms with Gasteiger partial charge in [-0.2, -0.15) is 0 Å². The first-order chi connectivity index (χ1) is 25.9. The van der Waals surface area contributed by atoms with Crippen molar-refractivity contribution in [1.29, 1.82) is 0 Å². The molecule has 2 amide bonds. The standard InChI is InChI=1S/C42H45N7O4/c1-23(52-2)36(48-42(51)53-3)41(50)49-31-14-11-30(21-31)38(49)40-44-22-35(46-40)29-10-9-25-18-24(7-8-26(25)20-29)27-12-15-32-28(19-27)13-16-33-37(32)47-39(45-33)34-6-4-5-17-43-34/h7-10,12-13,15-16,18-20,22-23,30-31,34,36,38,43H,4-6,11,14,17,21H2,1-3H3,(H,44,46)(H,45,47)(H,48,51)/t23-,30+,31-,34?,36+,38+/m1/s1. The van der Waals surface area contributed by atoms with Gasteiger partial charge in [0.2, 0.25) is 5.91 Å². The van der Waals surface area contributed by atoms with Crippen LogP contribution in [-0.4, -0.2) is 75.8 Å². The molecule has 1 unspecified atom stereocenters. The maximum Gasteiger partial charge on any atom is 0.407 e. The van der Waals surface area contributed by atoms with Crippen LogP contribution in [0.5, 0.6) is 0 Å². The van der Waals surface area contributed by atoms with Crippen molar-refractivity contribution < 1.29 is 19.1 Å². The molecule has 4 N–H and O–H groups in total. The van der Waals surface area contributed by atoms with Gasteiger partial charge in [0, 0.05) is 24.1 Å². The summed E-state index contributed by atoms with van der Waals surface area (Å²) in [5.41, 5.74) is 6.38. The Morgan fingerprint density at radius 2 is 1.62 bits per heavy atom. The van der Waals surface area contributed by atoms with Crippen LogP contribution in [0, 0.1) is 5.92 Å². The van der Waals surface area contributed by atoms with E-state index in [1.165, 1.54) is 43.4 Å². The summed E-state index contributed by atoms with van der Waals surface area (Å²) in [5, 5.41) is 11.0. The minimum Gasteiger partial charge on any atom is -0.453 e. The summed E-state index contributed by atoms with van der Waals surface area (Å²) in [4.78, 5) is 45.1. The minimum atomic E-state index is -0.868. The molecule has 6 aromatic rings. The highest BCUT2D eigenvalue weighted by atomic mass is 16.5. The summed E-state index contributed by atoms with van der Waals surface area (Å²) in [6.07, 6.45) is 7.13. The number of carbonyl (C=O) groups is 2. The van der Waals surface area contributed by atoms with E-state index in [1.807, 2.05) is 11.1 Å². The number of alkyl carbamates (subject to hydrolysis) is 1. The van der Waals surface area contributed by atoms with Gasteiger partial charge in [0.1, 0.15) is 17.7 Å². The van der Waals surface area contributed by atoms with Gasteiger partial charge < -0.3 is 35.0 Å². The van der Waals surface area contributed by atoms with E-state index in [2.05, 4.69) is 87.3 Å². The summed E-state index contributed by atoms with van der Waals surface area (Å²) in [6.45, 7) is 2.82. The van der Waals surface area contributed by atoms with Crippen molar-refractivity contribution in [2.45, 2.75) is 75.7 Å². The van der Waals surface area contributed by atoms with Crippen LogP contribution in [0.3, 0.4) is 0 Å². The summed E-state index contributed by atoms with van der Waals surface area (Å²) in [6, 6.07) is 23.4.